The van der Waals surface area contributed by atoms with Gasteiger partial charge in [-0.15, -0.1) is 0 Å². The summed E-state index contributed by atoms with van der Waals surface area (Å²) in [4.78, 5) is 9.19. The number of hydrogen-bond donors (Lipinski definition) is 2. The van der Waals surface area contributed by atoms with Crippen LogP contribution in [0.15, 0.2) is 60.7 Å². The van der Waals surface area contributed by atoms with Gasteiger partial charge in [0.25, 0.3) is 0 Å². The first-order valence-electron chi connectivity index (χ1n) is 8.08. The summed E-state index contributed by atoms with van der Waals surface area (Å²) in [6.07, 6.45) is 2.13. The summed E-state index contributed by atoms with van der Waals surface area (Å²) < 4.78 is 0. The molecule has 1 aromatic heterocycles. The van der Waals surface area contributed by atoms with Crippen molar-refractivity contribution in [3.63, 3.8) is 0 Å². The zero-order chi connectivity index (χ0) is 16.4. The summed E-state index contributed by atoms with van der Waals surface area (Å²) in [5, 5.41) is 5.62. The topological polar surface area (TPSA) is 54.4 Å². The molecule has 0 aliphatic carbocycles. The third kappa shape index (κ3) is 3.71. The summed E-state index contributed by atoms with van der Waals surface area (Å²) in [7, 11) is 0. The van der Waals surface area contributed by atoms with E-state index in [1.807, 2.05) is 31.2 Å². The van der Waals surface area contributed by atoms with Crippen molar-refractivity contribution in [2.45, 2.75) is 13.5 Å². The molecular formula is C20H19ClN4. The highest BCUT2D eigenvalue weighted by atomic mass is 35.5. The molecule has 3 aromatic rings. The largest absolute Gasteiger partial charge is 1.00 e. The van der Waals surface area contributed by atoms with E-state index in [9.17, 15) is 0 Å². The van der Waals surface area contributed by atoms with Crippen LogP contribution < -0.4 is 23.0 Å². The van der Waals surface area contributed by atoms with Crippen LogP contribution in [0, 0.1) is 6.92 Å². The molecule has 0 saturated carbocycles. The lowest BCUT2D eigenvalue weighted by molar-refractivity contribution is -0.464. The Balaban J connectivity index is 0.00000182. The highest BCUT2D eigenvalue weighted by molar-refractivity contribution is 5.85. The Hall–Kier alpha value is -2.69. The first-order chi connectivity index (χ1) is 11.8. The van der Waals surface area contributed by atoms with Gasteiger partial charge in [-0.1, -0.05) is 48.5 Å². The molecule has 2 heterocycles. The van der Waals surface area contributed by atoms with Crippen LogP contribution in [0.1, 0.15) is 22.6 Å². The lowest BCUT2D eigenvalue weighted by Gasteiger charge is -2.09. The van der Waals surface area contributed by atoms with Gasteiger partial charge < -0.3 is 17.7 Å². The van der Waals surface area contributed by atoms with E-state index in [-0.39, 0.29) is 12.4 Å². The van der Waals surface area contributed by atoms with Crippen LogP contribution in [-0.2, 0) is 6.54 Å². The van der Waals surface area contributed by atoms with Crippen LogP contribution in [0.4, 0.5) is 11.5 Å². The fourth-order valence-corrected chi connectivity index (χ4v) is 2.91. The minimum atomic E-state index is 0. The van der Waals surface area contributed by atoms with Crippen molar-refractivity contribution in [2.24, 2.45) is 0 Å². The molecule has 25 heavy (non-hydrogen) atoms. The molecule has 0 bridgehead atoms. The monoisotopic (exact) mass is 350 g/mol. The van der Waals surface area contributed by atoms with Gasteiger partial charge in [0.15, 0.2) is 5.82 Å². The first kappa shape index (κ1) is 17.1. The number of rotatable bonds is 4. The van der Waals surface area contributed by atoms with E-state index in [0.717, 1.165) is 29.6 Å². The Morgan fingerprint density at radius 2 is 1.60 bits per heavy atom. The fourth-order valence-electron chi connectivity index (χ4n) is 2.91. The Kier molecular flexibility index (Phi) is 5.12. The van der Waals surface area contributed by atoms with Gasteiger partial charge >= 0.3 is 0 Å². The van der Waals surface area contributed by atoms with Crippen molar-refractivity contribution in [2.75, 3.05) is 5.32 Å². The summed E-state index contributed by atoms with van der Waals surface area (Å²) in [6.45, 7) is 2.68. The van der Waals surface area contributed by atoms with Gasteiger partial charge in [-0.25, -0.2) is 9.97 Å². The quantitative estimate of drug-likeness (QED) is 0.702. The molecule has 0 amide bonds. The number of benzene rings is 2. The van der Waals surface area contributed by atoms with Gasteiger partial charge in [0, 0.05) is 18.2 Å². The summed E-state index contributed by atoms with van der Waals surface area (Å²) in [5.41, 5.74) is 5.65. The molecule has 0 unspecified atom stereocenters. The number of nitrogens with one attached hydrogen (secondary N) is 1. The predicted molar refractivity (Wildman–Crippen MR) is 96.4 cm³/mol. The zero-order valence-corrected chi connectivity index (χ0v) is 14.7. The Morgan fingerprint density at radius 1 is 0.920 bits per heavy atom. The Morgan fingerprint density at radius 3 is 2.32 bits per heavy atom. The van der Waals surface area contributed by atoms with Crippen molar-refractivity contribution < 1.29 is 17.7 Å². The smallest absolute Gasteiger partial charge is 0.203 e. The maximum Gasteiger partial charge on any atom is 0.203 e. The lowest BCUT2D eigenvalue weighted by atomic mass is 10.1. The summed E-state index contributed by atoms with van der Waals surface area (Å²) >= 11 is 0. The number of anilines is 1. The number of nitrogens with two attached hydrogens (primary N) is 1. The standard InChI is InChI=1S/C20H18N4.ClH/c1-14-22-18-12-17(16-10-6-3-7-11-16)24-19(18)20(23-14)21-13-15-8-4-2-5-9-15;/h2-12,24H,13H2,1H3,(H,21,22,23);1H. The van der Waals surface area contributed by atoms with E-state index in [1.165, 1.54) is 16.8 Å². The zero-order valence-electron chi connectivity index (χ0n) is 13.9. The molecule has 0 atom stereocenters. The SMILES string of the molecule is Cc1nc2c(c(NCc3ccccc3)n1)[NH2+]C(c1ccccc1)=C2.[Cl-]. The number of aryl methyl sites for hydroxylation is 1. The molecule has 126 valence electrons. The maximum atomic E-state index is 4.60. The fraction of sp³-hybridized carbons (Fsp3) is 0.100. The third-order valence-corrected chi connectivity index (χ3v) is 4.09. The van der Waals surface area contributed by atoms with Crippen molar-refractivity contribution in [1.82, 2.24) is 9.97 Å². The molecule has 4 nitrogen and oxygen atoms in total. The second-order valence-corrected chi connectivity index (χ2v) is 5.87. The molecule has 1 aliphatic heterocycles. The van der Waals surface area contributed by atoms with E-state index < -0.39 is 0 Å². The van der Waals surface area contributed by atoms with Gasteiger partial charge in [0.2, 0.25) is 5.69 Å². The molecule has 1 aliphatic rings. The minimum absolute atomic E-state index is 0. The molecule has 4 rings (SSSR count). The third-order valence-electron chi connectivity index (χ3n) is 4.09. The summed E-state index contributed by atoms with van der Waals surface area (Å²) in [6, 6.07) is 20.7. The van der Waals surface area contributed by atoms with Crippen LogP contribution in [-0.4, -0.2) is 9.97 Å². The Bertz CT molecular complexity index is 892. The van der Waals surface area contributed by atoms with Crippen molar-refractivity contribution in [1.29, 1.82) is 0 Å². The summed E-state index contributed by atoms with van der Waals surface area (Å²) in [5.74, 6) is 1.67. The van der Waals surface area contributed by atoms with Gasteiger partial charge in [0.05, 0.1) is 0 Å². The van der Waals surface area contributed by atoms with Crippen molar-refractivity contribution in [3.05, 3.63) is 83.3 Å². The molecule has 0 spiro atoms. The van der Waals surface area contributed by atoms with Crippen molar-refractivity contribution >= 4 is 23.3 Å². The molecular weight excluding hydrogens is 332 g/mol. The number of quaternary nitrogens is 1. The number of nitrogens with zero attached hydrogens (tertiary/aromatic N) is 2. The number of fused-ring (bicyclic) bond motifs is 1. The van der Waals surface area contributed by atoms with Crippen molar-refractivity contribution in [3.8, 4) is 0 Å². The normalized spacial score (nSPS) is 12.1. The second kappa shape index (κ2) is 7.47. The van der Waals surface area contributed by atoms with Gasteiger partial charge in [-0.3, -0.25) is 5.32 Å². The van der Waals surface area contributed by atoms with Crippen LogP contribution in [0.25, 0.3) is 11.8 Å². The van der Waals surface area contributed by atoms with E-state index in [1.54, 1.807) is 0 Å². The van der Waals surface area contributed by atoms with Gasteiger partial charge in [0.1, 0.15) is 17.2 Å². The van der Waals surface area contributed by atoms with E-state index >= 15 is 0 Å². The minimum Gasteiger partial charge on any atom is -1.00 e. The van der Waals surface area contributed by atoms with Crippen LogP contribution in [0.5, 0.6) is 0 Å². The molecule has 3 N–H and O–H groups in total. The molecule has 0 fully saturated rings. The van der Waals surface area contributed by atoms with E-state index in [4.69, 9.17) is 0 Å². The van der Waals surface area contributed by atoms with E-state index in [0.29, 0.717) is 0 Å². The average molecular weight is 351 g/mol. The average Bonchev–Trinajstić information content (AvgIpc) is 3.05. The maximum absolute atomic E-state index is 4.60. The number of aromatic nitrogens is 2. The highest BCUT2D eigenvalue weighted by Gasteiger charge is 2.25. The highest BCUT2D eigenvalue weighted by Crippen LogP contribution is 2.27. The number of halogens is 1. The van der Waals surface area contributed by atoms with Gasteiger partial charge in [-0.2, -0.15) is 0 Å². The second-order valence-electron chi connectivity index (χ2n) is 5.87. The first-order valence-corrected chi connectivity index (χ1v) is 8.08. The predicted octanol–water partition coefficient (Wildman–Crippen LogP) is 0.108. The molecule has 0 radical (unpaired) electrons. The van der Waals surface area contributed by atoms with Crippen LogP contribution in [0.3, 0.4) is 0 Å². The molecule has 2 aromatic carbocycles. The molecule has 0 saturated heterocycles. The van der Waals surface area contributed by atoms with Gasteiger partial charge in [-0.05, 0) is 24.6 Å². The lowest BCUT2D eigenvalue weighted by Crippen LogP contribution is -3.00. The molecule has 5 heteroatoms. The van der Waals surface area contributed by atoms with Crippen LogP contribution in [0.2, 0.25) is 0 Å². The van der Waals surface area contributed by atoms with Crippen LogP contribution >= 0.6 is 0 Å². The Labute approximate surface area is 153 Å². The van der Waals surface area contributed by atoms with E-state index in [2.05, 4.69) is 63.1 Å². The number of hydrogen-bond acceptors (Lipinski definition) is 3.